The molecule has 0 bridgehead atoms. The van der Waals surface area contributed by atoms with Gasteiger partial charge in [0.25, 0.3) is 0 Å². The highest BCUT2D eigenvalue weighted by molar-refractivity contribution is 7.98. The minimum Gasteiger partial charge on any atom is -0.368 e. The van der Waals surface area contributed by atoms with Gasteiger partial charge in [-0.3, -0.25) is 0 Å². The molecule has 2 rings (SSSR count). The third kappa shape index (κ3) is 3.84. The van der Waals surface area contributed by atoms with Crippen molar-refractivity contribution in [2.45, 2.75) is 24.8 Å². The highest BCUT2D eigenvalue weighted by Gasteiger charge is 2.07. The number of nitrogens with zero attached hydrogens (tertiary/aromatic N) is 4. The molecule has 1 heterocycles. The van der Waals surface area contributed by atoms with E-state index in [-0.39, 0.29) is 5.95 Å². The lowest BCUT2D eigenvalue weighted by Gasteiger charge is -2.11. The van der Waals surface area contributed by atoms with Crippen LogP contribution in [-0.2, 0) is 5.75 Å². The van der Waals surface area contributed by atoms with Gasteiger partial charge in [0.2, 0.25) is 11.9 Å². The fourth-order valence-corrected chi connectivity index (χ4v) is 2.69. The molecule has 0 atom stereocenters. The number of hydrogen-bond acceptors (Lipinski definition) is 6. The van der Waals surface area contributed by atoms with E-state index < -0.39 is 0 Å². The lowest BCUT2D eigenvalue weighted by molar-refractivity contribution is 0.875. The molecule has 0 aliphatic carbocycles. The van der Waals surface area contributed by atoms with Crippen molar-refractivity contribution in [2.24, 2.45) is 0 Å². The van der Waals surface area contributed by atoms with Crippen LogP contribution in [0.2, 0.25) is 0 Å². The molecule has 0 radical (unpaired) electrons. The Hall–Kier alpha value is -1.82. The molecule has 0 spiro atoms. The molecular weight excluding hydrogens is 270 g/mol. The first-order chi connectivity index (χ1) is 9.44. The Morgan fingerprint density at radius 3 is 2.30 bits per heavy atom. The minimum atomic E-state index is 0.256. The van der Waals surface area contributed by atoms with Gasteiger partial charge in [-0.2, -0.15) is 15.0 Å². The van der Waals surface area contributed by atoms with Crippen LogP contribution in [0.5, 0.6) is 0 Å². The van der Waals surface area contributed by atoms with Crippen molar-refractivity contribution in [1.82, 2.24) is 15.0 Å². The molecule has 2 aromatic rings. The molecular formula is C14H19N5S. The van der Waals surface area contributed by atoms with Gasteiger partial charge < -0.3 is 10.6 Å². The molecule has 0 saturated heterocycles. The summed E-state index contributed by atoms with van der Waals surface area (Å²) in [6, 6.07) is 6.52. The number of aryl methyl sites for hydroxylation is 2. The highest BCUT2D eigenvalue weighted by atomic mass is 32.2. The van der Waals surface area contributed by atoms with E-state index in [1.165, 1.54) is 16.7 Å². The van der Waals surface area contributed by atoms with Crippen LogP contribution >= 0.6 is 11.8 Å². The van der Waals surface area contributed by atoms with Gasteiger partial charge in [-0.25, -0.2) is 0 Å². The lowest BCUT2D eigenvalue weighted by Crippen LogP contribution is -2.15. The smallest absolute Gasteiger partial charge is 0.230 e. The number of rotatable bonds is 4. The Balaban J connectivity index is 2.14. The largest absolute Gasteiger partial charge is 0.368 e. The number of thioether (sulfide) groups is 1. The molecule has 106 valence electrons. The predicted octanol–water partition coefficient (Wildman–Crippen LogP) is 2.43. The minimum absolute atomic E-state index is 0.256. The topological polar surface area (TPSA) is 67.9 Å². The number of benzene rings is 1. The van der Waals surface area contributed by atoms with Crippen molar-refractivity contribution in [3.05, 3.63) is 34.9 Å². The van der Waals surface area contributed by atoms with E-state index in [9.17, 15) is 0 Å². The van der Waals surface area contributed by atoms with Crippen LogP contribution in [0.1, 0.15) is 16.7 Å². The van der Waals surface area contributed by atoms with Crippen molar-refractivity contribution in [2.75, 3.05) is 24.7 Å². The van der Waals surface area contributed by atoms with Crippen molar-refractivity contribution >= 4 is 23.7 Å². The van der Waals surface area contributed by atoms with E-state index in [2.05, 4.69) is 47.0 Å². The van der Waals surface area contributed by atoms with Crippen LogP contribution < -0.4 is 10.6 Å². The van der Waals surface area contributed by atoms with Crippen molar-refractivity contribution in [3.8, 4) is 0 Å². The molecule has 0 aliphatic rings. The van der Waals surface area contributed by atoms with Crippen LogP contribution in [0.4, 0.5) is 11.9 Å². The van der Waals surface area contributed by atoms with Gasteiger partial charge >= 0.3 is 0 Å². The maximum absolute atomic E-state index is 5.71. The summed E-state index contributed by atoms with van der Waals surface area (Å²) in [7, 11) is 3.76. The predicted molar refractivity (Wildman–Crippen MR) is 84.0 cm³/mol. The quantitative estimate of drug-likeness (QED) is 0.872. The number of nitrogen functional groups attached to an aromatic ring is 1. The summed E-state index contributed by atoms with van der Waals surface area (Å²) in [6.45, 7) is 4.21. The van der Waals surface area contributed by atoms with Crippen LogP contribution in [0, 0.1) is 13.8 Å². The van der Waals surface area contributed by atoms with Crippen molar-refractivity contribution in [1.29, 1.82) is 0 Å². The maximum atomic E-state index is 5.71. The SMILES string of the molecule is Cc1cc(C)cc(CSc2nc(N)nc(N(C)C)n2)c1. The van der Waals surface area contributed by atoms with E-state index in [4.69, 9.17) is 5.73 Å². The molecule has 0 fully saturated rings. The summed E-state index contributed by atoms with van der Waals surface area (Å²) in [5.41, 5.74) is 9.51. The van der Waals surface area contributed by atoms with Gasteiger partial charge in [0, 0.05) is 19.8 Å². The fraction of sp³-hybridized carbons (Fsp3) is 0.357. The molecule has 0 amide bonds. The summed E-state index contributed by atoms with van der Waals surface area (Å²) in [4.78, 5) is 14.5. The zero-order valence-electron chi connectivity index (χ0n) is 12.2. The first-order valence-corrected chi connectivity index (χ1v) is 7.31. The number of anilines is 2. The van der Waals surface area contributed by atoms with E-state index >= 15 is 0 Å². The van der Waals surface area contributed by atoms with Crippen LogP contribution in [-0.4, -0.2) is 29.0 Å². The zero-order valence-corrected chi connectivity index (χ0v) is 13.0. The Bertz CT molecular complexity index is 592. The summed E-state index contributed by atoms with van der Waals surface area (Å²) in [5, 5.41) is 0.653. The summed E-state index contributed by atoms with van der Waals surface area (Å²) in [6.07, 6.45) is 0. The Morgan fingerprint density at radius 1 is 1.05 bits per heavy atom. The highest BCUT2D eigenvalue weighted by Crippen LogP contribution is 2.22. The molecule has 20 heavy (non-hydrogen) atoms. The van der Waals surface area contributed by atoms with Crippen LogP contribution in [0.15, 0.2) is 23.4 Å². The van der Waals surface area contributed by atoms with Crippen LogP contribution in [0.3, 0.4) is 0 Å². The standard InChI is InChI=1S/C14H19N5S/c1-9-5-10(2)7-11(6-9)8-20-14-17-12(15)16-13(18-14)19(3)4/h5-7H,8H2,1-4H3,(H2,15,16,17,18). The van der Waals surface area contributed by atoms with E-state index in [1.807, 2.05) is 19.0 Å². The second kappa shape index (κ2) is 6.09. The summed E-state index contributed by atoms with van der Waals surface area (Å²) in [5.74, 6) is 1.66. The molecule has 1 aromatic heterocycles. The van der Waals surface area contributed by atoms with Gasteiger partial charge in [-0.1, -0.05) is 41.1 Å². The maximum Gasteiger partial charge on any atom is 0.230 e. The van der Waals surface area contributed by atoms with Crippen molar-refractivity contribution < 1.29 is 0 Å². The van der Waals surface area contributed by atoms with Gasteiger partial charge in [0.15, 0.2) is 5.16 Å². The molecule has 0 saturated carbocycles. The zero-order chi connectivity index (χ0) is 14.7. The Kier molecular flexibility index (Phi) is 4.44. The Labute approximate surface area is 123 Å². The molecule has 6 heteroatoms. The molecule has 2 N–H and O–H groups in total. The second-order valence-electron chi connectivity index (χ2n) is 4.96. The van der Waals surface area contributed by atoms with Gasteiger partial charge in [0.05, 0.1) is 0 Å². The molecule has 0 aliphatic heterocycles. The Morgan fingerprint density at radius 2 is 1.70 bits per heavy atom. The fourth-order valence-electron chi connectivity index (χ4n) is 1.93. The number of nitrogens with two attached hydrogens (primary N) is 1. The monoisotopic (exact) mass is 289 g/mol. The lowest BCUT2D eigenvalue weighted by atomic mass is 10.1. The summed E-state index contributed by atoms with van der Waals surface area (Å²) >= 11 is 1.57. The first kappa shape index (κ1) is 14.6. The average Bonchev–Trinajstić information content (AvgIpc) is 2.34. The number of hydrogen-bond donors (Lipinski definition) is 1. The second-order valence-corrected chi connectivity index (χ2v) is 5.90. The first-order valence-electron chi connectivity index (χ1n) is 6.33. The molecule has 5 nitrogen and oxygen atoms in total. The van der Waals surface area contributed by atoms with Crippen molar-refractivity contribution in [3.63, 3.8) is 0 Å². The summed E-state index contributed by atoms with van der Waals surface area (Å²) < 4.78 is 0. The van der Waals surface area contributed by atoms with Gasteiger partial charge in [0.1, 0.15) is 0 Å². The van der Waals surface area contributed by atoms with Gasteiger partial charge in [-0.15, -0.1) is 0 Å². The number of aromatic nitrogens is 3. The van der Waals surface area contributed by atoms with E-state index in [0.29, 0.717) is 11.1 Å². The van der Waals surface area contributed by atoms with E-state index in [1.54, 1.807) is 11.8 Å². The normalized spacial score (nSPS) is 10.6. The molecule has 0 unspecified atom stereocenters. The average molecular weight is 289 g/mol. The third-order valence-electron chi connectivity index (χ3n) is 2.67. The van der Waals surface area contributed by atoms with Crippen LogP contribution in [0.25, 0.3) is 0 Å². The van der Waals surface area contributed by atoms with Gasteiger partial charge in [-0.05, 0) is 19.4 Å². The van der Waals surface area contributed by atoms with E-state index in [0.717, 1.165) is 5.75 Å². The molecule has 1 aromatic carbocycles. The third-order valence-corrected chi connectivity index (χ3v) is 3.59.